The monoisotopic (exact) mass is 519 g/mol. The van der Waals surface area contributed by atoms with E-state index in [2.05, 4.69) is 4.72 Å². The van der Waals surface area contributed by atoms with Gasteiger partial charge in [-0.3, -0.25) is 4.79 Å². The fourth-order valence-corrected chi connectivity index (χ4v) is 4.77. The van der Waals surface area contributed by atoms with Crippen molar-refractivity contribution in [1.82, 2.24) is 4.72 Å². The molecule has 34 heavy (non-hydrogen) atoms. The highest BCUT2D eigenvalue weighted by molar-refractivity contribution is 7.85. The van der Waals surface area contributed by atoms with E-state index >= 15 is 0 Å². The average Bonchev–Trinajstić information content (AvgIpc) is 2.75. The van der Waals surface area contributed by atoms with E-state index < -0.39 is 22.1 Å². The van der Waals surface area contributed by atoms with Crippen molar-refractivity contribution in [2.45, 2.75) is 45.4 Å². The molecule has 0 bridgehead atoms. The summed E-state index contributed by atoms with van der Waals surface area (Å²) in [6.07, 6.45) is 0. The minimum atomic E-state index is -4.47. The van der Waals surface area contributed by atoms with E-state index in [-0.39, 0.29) is 17.6 Å². The van der Waals surface area contributed by atoms with Crippen molar-refractivity contribution in [2.75, 3.05) is 0 Å². The molecule has 0 aliphatic heterocycles. The van der Waals surface area contributed by atoms with Gasteiger partial charge < -0.3 is 4.18 Å². The summed E-state index contributed by atoms with van der Waals surface area (Å²) in [6, 6.07) is 18.8. The van der Waals surface area contributed by atoms with Gasteiger partial charge in [-0.1, -0.05) is 93.4 Å². The van der Waals surface area contributed by atoms with Crippen molar-refractivity contribution in [3.63, 3.8) is 0 Å². The molecule has 5 nitrogen and oxygen atoms in total. The zero-order valence-electron chi connectivity index (χ0n) is 19.4. The molecule has 1 N–H and O–H groups in total. The van der Waals surface area contributed by atoms with Gasteiger partial charge in [0.1, 0.15) is 0 Å². The van der Waals surface area contributed by atoms with Crippen LogP contribution in [0, 0.1) is 0 Å². The molecular weight excluding hydrogens is 493 g/mol. The molecule has 0 heterocycles. The molecule has 8 heteroatoms. The van der Waals surface area contributed by atoms with Crippen molar-refractivity contribution in [3.8, 4) is 5.75 Å². The Morgan fingerprint density at radius 1 is 0.765 bits per heavy atom. The summed E-state index contributed by atoms with van der Waals surface area (Å²) in [7, 11) is -4.47. The lowest BCUT2D eigenvalue weighted by molar-refractivity contribution is -0.120. The summed E-state index contributed by atoms with van der Waals surface area (Å²) in [5.74, 6) is -1.37. The molecule has 3 aromatic carbocycles. The quantitative estimate of drug-likeness (QED) is 0.354. The fourth-order valence-electron chi connectivity index (χ4n) is 3.70. The molecule has 0 saturated carbocycles. The van der Waals surface area contributed by atoms with Gasteiger partial charge in [0.05, 0.1) is 5.92 Å². The van der Waals surface area contributed by atoms with Crippen molar-refractivity contribution >= 4 is 39.4 Å². The van der Waals surface area contributed by atoms with Gasteiger partial charge in [0, 0.05) is 10.0 Å². The van der Waals surface area contributed by atoms with Crippen LogP contribution in [-0.2, 0) is 15.1 Å². The largest absolute Gasteiger partial charge is 0.409 e. The Kier molecular flexibility index (Phi) is 8.29. The van der Waals surface area contributed by atoms with E-state index in [0.717, 1.165) is 11.1 Å². The summed E-state index contributed by atoms with van der Waals surface area (Å²) in [6.45, 7) is 7.81. The molecule has 0 saturated heterocycles. The first-order chi connectivity index (χ1) is 16.0. The van der Waals surface area contributed by atoms with E-state index in [1.807, 2.05) is 45.9 Å². The standard InChI is InChI=1S/C26H27Cl2NO4S/c1-16(2)22-6-5-7-23(17(3)4)25(22)33-34(31,32)29-26(30)24(18-8-12-20(27)13-9-18)19-10-14-21(28)15-11-19/h5-17,24H,1-4H3,(H,29,30). The molecule has 0 atom stereocenters. The van der Waals surface area contributed by atoms with E-state index in [1.165, 1.54) is 0 Å². The summed E-state index contributed by atoms with van der Waals surface area (Å²) < 4.78 is 33.7. The normalized spacial score (nSPS) is 11.8. The third-order valence-corrected chi connectivity index (χ3v) is 6.75. The lowest BCUT2D eigenvalue weighted by Gasteiger charge is -2.21. The summed E-state index contributed by atoms with van der Waals surface area (Å²) in [5.41, 5.74) is 2.64. The highest BCUT2D eigenvalue weighted by Crippen LogP contribution is 2.35. The van der Waals surface area contributed by atoms with Crippen LogP contribution in [0.3, 0.4) is 0 Å². The maximum Gasteiger partial charge on any atom is 0.409 e. The zero-order valence-corrected chi connectivity index (χ0v) is 21.7. The first kappa shape index (κ1) is 26.1. The van der Waals surface area contributed by atoms with Crippen molar-refractivity contribution in [2.24, 2.45) is 0 Å². The molecular formula is C26H27Cl2NO4S. The lowest BCUT2D eigenvalue weighted by Crippen LogP contribution is -2.38. The van der Waals surface area contributed by atoms with Crippen LogP contribution in [0.2, 0.25) is 10.0 Å². The maximum absolute atomic E-state index is 13.3. The molecule has 1 amide bonds. The Morgan fingerprint density at radius 2 is 1.18 bits per heavy atom. The predicted molar refractivity (Wildman–Crippen MR) is 137 cm³/mol. The van der Waals surface area contributed by atoms with Crippen molar-refractivity contribution in [1.29, 1.82) is 0 Å². The van der Waals surface area contributed by atoms with E-state index in [9.17, 15) is 13.2 Å². The Balaban J connectivity index is 1.97. The fraction of sp³-hybridized carbons (Fsp3) is 0.269. The Bertz CT molecular complexity index is 1180. The number of para-hydroxylation sites is 1. The van der Waals surface area contributed by atoms with Crippen LogP contribution in [-0.4, -0.2) is 14.3 Å². The van der Waals surface area contributed by atoms with Crippen LogP contribution in [0.25, 0.3) is 0 Å². The molecule has 0 aliphatic rings. The maximum atomic E-state index is 13.3. The molecule has 0 aliphatic carbocycles. The van der Waals surface area contributed by atoms with Crippen LogP contribution < -0.4 is 8.91 Å². The molecule has 3 aromatic rings. The number of amides is 1. The van der Waals surface area contributed by atoms with Gasteiger partial charge in [0.15, 0.2) is 5.75 Å². The average molecular weight is 520 g/mol. The smallest absolute Gasteiger partial charge is 0.366 e. The highest BCUT2D eigenvalue weighted by atomic mass is 35.5. The number of rotatable bonds is 8. The molecule has 0 spiro atoms. The molecule has 0 unspecified atom stereocenters. The predicted octanol–water partition coefficient (Wildman–Crippen LogP) is 6.81. The van der Waals surface area contributed by atoms with Gasteiger partial charge in [-0.2, -0.15) is 8.42 Å². The molecule has 0 aromatic heterocycles. The van der Waals surface area contributed by atoms with E-state index in [4.69, 9.17) is 27.4 Å². The third kappa shape index (κ3) is 6.32. The summed E-state index contributed by atoms with van der Waals surface area (Å²) in [5, 5.41) is 1.00. The Morgan fingerprint density at radius 3 is 1.56 bits per heavy atom. The van der Waals surface area contributed by atoms with Gasteiger partial charge >= 0.3 is 10.3 Å². The number of nitrogens with one attached hydrogen (secondary N) is 1. The third-order valence-electron chi connectivity index (χ3n) is 5.41. The summed E-state index contributed by atoms with van der Waals surface area (Å²) >= 11 is 12.0. The van der Waals surface area contributed by atoms with Crippen LogP contribution in [0.15, 0.2) is 66.7 Å². The van der Waals surface area contributed by atoms with Gasteiger partial charge in [-0.15, -0.1) is 0 Å². The molecule has 0 fully saturated rings. The second-order valence-corrected chi connectivity index (χ2v) is 10.8. The number of benzene rings is 3. The van der Waals surface area contributed by atoms with Crippen molar-refractivity contribution in [3.05, 3.63) is 99.0 Å². The number of hydrogen-bond donors (Lipinski definition) is 1. The van der Waals surface area contributed by atoms with Gasteiger partial charge in [-0.05, 0) is 58.4 Å². The van der Waals surface area contributed by atoms with Crippen LogP contribution >= 0.6 is 23.2 Å². The Labute approximate surface area is 211 Å². The second-order valence-electron chi connectivity index (χ2n) is 8.61. The van der Waals surface area contributed by atoms with Gasteiger partial charge in [0.25, 0.3) is 0 Å². The lowest BCUT2D eigenvalue weighted by atomic mass is 9.91. The minimum Gasteiger partial charge on any atom is -0.366 e. The Hall–Kier alpha value is -2.54. The van der Waals surface area contributed by atoms with E-state index in [1.54, 1.807) is 48.5 Å². The molecule has 0 radical (unpaired) electrons. The van der Waals surface area contributed by atoms with Crippen LogP contribution in [0.5, 0.6) is 5.75 Å². The zero-order chi connectivity index (χ0) is 25.0. The molecule has 180 valence electrons. The summed E-state index contributed by atoms with van der Waals surface area (Å²) in [4.78, 5) is 13.3. The highest BCUT2D eigenvalue weighted by Gasteiger charge is 2.29. The SMILES string of the molecule is CC(C)c1cccc(C(C)C)c1OS(=O)(=O)NC(=O)C(c1ccc(Cl)cc1)c1ccc(Cl)cc1. The van der Waals surface area contributed by atoms with Crippen molar-refractivity contribution < 1.29 is 17.4 Å². The van der Waals surface area contributed by atoms with Gasteiger partial charge in [0.2, 0.25) is 5.91 Å². The molecule has 3 rings (SSSR count). The number of halogens is 2. The van der Waals surface area contributed by atoms with Crippen LogP contribution in [0.4, 0.5) is 0 Å². The van der Waals surface area contributed by atoms with Crippen LogP contribution in [0.1, 0.15) is 67.7 Å². The first-order valence-corrected chi connectivity index (χ1v) is 13.0. The van der Waals surface area contributed by atoms with Gasteiger partial charge in [-0.25, -0.2) is 4.72 Å². The number of carbonyl (C=O) groups is 1. The first-order valence-electron chi connectivity index (χ1n) is 10.9. The minimum absolute atomic E-state index is 0.0236. The van der Waals surface area contributed by atoms with E-state index in [0.29, 0.717) is 21.2 Å². The topological polar surface area (TPSA) is 72.5 Å². The second kappa shape index (κ2) is 10.8. The number of carbonyl (C=O) groups excluding carboxylic acids is 1. The number of hydrogen-bond acceptors (Lipinski definition) is 4.